The summed E-state index contributed by atoms with van der Waals surface area (Å²) in [5, 5.41) is 0.212. The molecule has 0 radical (unpaired) electrons. The van der Waals surface area contributed by atoms with Crippen LogP contribution in [0.2, 0.25) is 0 Å². The third kappa shape index (κ3) is 8.58. The summed E-state index contributed by atoms with van der Waals surface area (Å²) >= 11 is 2.53. The zero-order chi connectivity index (χ0) is 29.3. The van der Waals surface area contributed by atoms with Crippen molar-refractivity contribution in [1.82, 2.24) is 0 Å². The fourth-order valence-electron chi connectivity index (χ4n) is 4.94. The van der Waals surface area contributed by atoms with Gasteiger partial charge in [0.25, 0.3) is 0 Å². The summed E-state index contributed by atoms with van der Waals surface area (Å²) in [6, 6.07) is 43.0. The lowest BCUT2D eigenvalue weighted by Gasteiger charge is -2.08. The quantitative estimate of drug-likeness (QED) is 0.153. The van der Waals surface area contributed by atoms with Crippen molar-refractivity contribution in [2.75, 3.05) is 0 Å². The molecule has 0 aromatic heterocycles. The molecule has 0 aliphatic carbocycles. The molecule has 0 amide bonds. The maximum absolute atomic E-state index is 11.3. The number of carbonyl (C=O) groups is 2. The lowest BCUT2D eigenvalue weighted by atomic mass is 9.98. The normalized spacial score (nSPS) is 10.9. The van der Waals surface area contributed by atoms with Crippen molar-refractivity contribution in [1.29, 1.82) is 0 Å². The van der Waals surface area contributed by atoms with Crippen LogP contribution in [0.5, 0.6) is 0 Å². The smallest absolute Gasteiger partial charge is 0.190 e. The van der Waals surface area contributed by atoms with E-state index in [-0.39, 0.29) is 10.2 Å². The van der Waals surface area contributed by atoms with Crippen molar-refractivity contribution in [3.8, 4) is 22.3 Å². The van der Waals surface area contributed by atoms with Crippen molar-refractivity contribution >= 4 is 33.8 Å². The van der Waals surface area contributed by atoms with Crippen molar-refractivity contribution in [3.63, 3.8) is 0 Å². The highest BCUT2D eigenvalue weighted by atomic mass is 32.2. The topological polar surface area (TPSA) is 34.1 Å². The zero-order valence-electron chi connectivity index (χ0n) is 24.0. The maximum atomic E-state index is 11.3. The first-order chi connectivity index (χ1) is 20.4. The first-order valence-electron chi connectivity index (χ1n) is 14.2. The Labute approximate surface area is 257 Å². The summed E-state index contributed by atoms with van der Waals surface area (Å²) in [7, 11) is 0. The Hall–Kier alpha value is -3.86. The standard InChI is InChI=1S/C38H34O2S2/c1-27(39)41-37-23-19-35(20-24-37)33-15-11-31(12-16-33)9-7-29-3-5-30(6-4-29)8-10-32-13-17-34(18-14-32)36-21-25-38(26-22-36)42-28(2)40/h3-6,11-26H,7-10H2,1-2H3. The molecule has 5 rings (SSSR count). The Morgan fingerprint density at radius 1 is 0.381 bits per heavy atom. The highest BCUT2D eigenvalue weighted by molar-refractivity contribution is 8.13. The highest BCUT2D eigenvalue weighted by Gasteiger charge is 2.04. The second kappa shape index (κ2) is 14.4. The molecule has 0 heterocycles. The zero-order valence-corrected chi connectivity index (χ0v) is 25.6. The van der Waals surface area contributed by atoms with E-state index in [0.29, 0.717) is 0 Å². The molecule has 42 heavy (non-hydrogen) atoms. The van der Waals surface area contributed by atoms with Gasteiger partial charge in [-0.3, -0.25) is 9.59 Å². The first kappa shape index (κ1) is 29.6. The van der Waals surface area contributed by atoms with Crippen LogP contribution in [0.4, 0.5) is 0 Å². The number of rotatable bonds is 10. The lowest BCUT2D eigenvalue weighted by Crippen LogP contribution is -1.94. The molecule has 210 valence electrons. The lowest BCUT2D eigenvalue weighted by molar-refractivity contribution is -0.109. The van der Waals surface area contributed by atoms with Crippen molar-refractivity contribution in [2.45, 2.75) is 49.3 Å². The summed E-state index contributed by atoms with van der Waals surface area (Å²) in [5.74, 6) is 0. The van der Waals surface area contributed by atoms with E-state index in [4.69, 9.17) is 0 Å². The van der Waals surface area contributed by atoms with Gasteiger partial charge in [-0.05, 0) is 94.5 Å². The number of aryl methyl sites for hydroxylation is 4. The minimum Gasteiger partial charge on any atom is -0.287 e. The number of hydrogen-bond acceptors (Lipinski definition) is 4. The van der Waals surface area contributed by atoms with Crippen LogP contribution in [0.3, 0.4) is 0 Å². The second-order valence-corrected chi connectivity index (χ2v) is 12.9. The van der Waals surface area contributed by atoms with E-state index in [2.05, 4.69) is 97.1 Å². The molecular weight excluding hydrogens is 553 g/mol. The molecule has 0 aliphatic heterocycles. The number of benzene rings is 5. The molecule has 2 nitrogen and oxygen atoms in total. The van der Waals surface area contributed by atoms with Crippen LogP contribution in [-0.2, 0) is 35.3 Å². The molecule has 0 saturated heterocycles. The Balaban J connectivity index is 1.09. The van der Waals surface area contributed by atoms with Gasteiger partial charge in [0, 0.05) is 23.6 Å². The van der Waals surface area contributed by atoms with Crippen LogP contribution in [0.25, 0.3) is 22.3 Å². The third-order valence-electron chi connectivity index (χ3n) is 7.23. The van der Waals surface area contributed by atoms with Crippen molar-refractivity contribution < 1.29 is 9.59 Å². The summed E-state index contributed by atoms with van der Waals surface area (Å²) in [6.45, 7) is 3.18. The summed E-state index contributed by atoms with van der Waals surface area (Å²) in [4.78, 5) is 24.6. The van der Waals surface area contributed by atoms with Crippen LogP contribution in [0.1, 0.15) is 36.1 Å². The first-order valence-corrected chi connectivity index (χ1v) is 15.9. The van der Waals surface area contributed by atoms with E-state index in [9.17, 15) is 9.59 Å². The SMILES string of the molecule is CC(=O)Sc1ccc(-c2ccc(CCc3ccc(CCc4ccc(-c5ccc(SC(C)=O)cc5)cc4)cc3)cc2)cc1. The largest absolute Gasteiger partial charge is 0.287 e. The van der Waals surface area contributed by atoms with Gasteiger partial charge in [-0.1, -0.05) is 121 Å². The van der Waals surface area contributed by atoms with Crippen LogP contribution < -0.4 is 0 Å². The highest BCUT2D eigenvalue weighted by Crippen LogP contribution is 2.26. The van der Waals surface area contributed by atoms with E-state index in [1.54, 1.807) is 13.8 Å². The molecule has 0 bridgehead atoms. The third-order valence-corrected chi connectivity index (χ3v) is 8.82. The minimum absolute atomic E-state index is 0.106. The number of thioether (sulfide) groups is 2. The molecule has 0 fully saturated rings. The molecule has 4 heteroatoms. The Kier molecular flexibility index (Phi) is 10.1. The molecule has 0 N–H and O–H groups in total. The van der Waals surface area contributed by atoms with E-state index in [1.807, 2.05) is 24.3 Å². The van der Waals surface area contributed by atoms with Gasteiger partial charge in [-0.2, -0.15) is 0 Å². The molecular formula is C38H34O2S2. The fraction of sp³-hybridized carbons (Fsp3) is 0.158. The number of carbonyl (C=O) groups excluding carboxylic acids is 2. The van der Waals surface area contributed by atoms with E-state index >= 15 is 0 Å². The van der Waals surface area contributed by atoms with Gasteiger partial charge in [0.1, 0.15) is 0 Å². The Morgan fingerprint density at radius 2 is 0.595 bits per heavy atom. The molecule has 5 aromatic rings. The van der Waals surface area contributed by atoms with Crippen LogP contribution >= 0.6 is 23.5 Å². The predicted octanol–water partition coefficient (Wildman–Crippen LogP) is 9.87. The maximum Gasteiger partial charge on any atom is 0.190 e. The fourth-order valence-corrected chi connectivity index (χ4v) is 6.15. The molecule has 0 spiro atoms. The van der Waals surface area contributed by atoms with Gasteiger partial charge in [0.15, 0.2) is 10.2 Å². The van der Waals surface area contributed by atoms with Crippen molar-refractivity contribution in [2.24, 2.45) is 0 Å². The van der Waals surface area contributed by atoms with Gasteiger partial charge >= 0.3 is 0 Å². The van der Waals surface area contributed by atoms with E-state index < -0.39 is 0 Å². The van der Waals surface area contributed by atoms with Crippen LogP contribution in [0, 0.1) is 0 Å². The monoisotopic (exact) mass is 586 g/mol. The predicted molar refractivity (Wildman–Crippen MR) is 178 cm³/mol. The summed E-state index contributed by atoms with van der Waals surface area (Å²) in [5.41, 5.74) is 10.1. The van der Waals surface area contributed by atoms with Crippen LogP contribution in [0.15, 0.2) is 131 Å². The molecule has 0 aliphatic rings. The average molecular weight is 587 g/mol. The van der Waals surface area contributed by atoms with Gasteiger partial charge < -0.3 is 0 Å². The molecule has 0 unspecified atom stereocenters. The van der Waals surface area contributed by atoms with Gasteiger partial charge in [0.05, 0.1) is 0 Å². The Morgan fingerprint density at radius 3 is 0.833 bits per heavy atom. The summed E-state index contributed by atoms with van der Waals surface area (Å²) < 4.78 is 0. The van der Waals surface area contributed by atoms with Gasteiger partial charge in [-0.25, -0.2) is 0 Å². The minimum atomic E-state index is 0.106. The average Bonchev–Trinajstić information content (AvgIpc) is 3.00. The van der Waals surface area contributed by atoms with Gasteiger partial charge in [0.2, 0.25) is 0 Å². The summed E-state index contributed by atoms with van der Waals surface area (Å²) in [6.07, 6.45) is 4.07. The van der Waals surface area contributed by atoms with E-state index in [0.717, 1.165) is 46.6 Å². The van der Waals surface area contributed by atoms with Crippen LogP contribution in [-0.4, -0.2) is 10.2 Å². The molecule has 0 saturated carbocycles. The van der Waals surface area contributed by atoms with E-state index in [1.165, 1.54) is 56.9 Å². The number of hydrogen-bond donors (Lipinski definition) is 0. The Bertz CT molecular complexity index is 1490. The molecule has 5 aromatic carbocycles. The van der Waals surface area contributed by atoms with Gasteiger partial charge in [-0.15, -0.1) is 0 Å². The molecule has 0 atom stereocenters. The van der Waals surface area contributed by atoms with Crippen molar-refractivity contribution in [3.05, 3.63) is 144 Å². The second-order valence-electron chi connectivity index (χ2n) is 10.4.